The van der Waals surface area contributed by atoms with Gasteiger partial charge < -0.3 is 9.05 Å². The van der Waals surface area contributed by atoms with Gasteiger partial charge in [0.05, 0.1) is 0 Å². The minimum Gasteiger partial charge on any atom is -0.395 e. The summed E-state index contributed by atoms with van der Waals surface area (Å²) in [7, 11) is -8.11. The lowest BCUT2D eigenvalue weighted by Crippen LogP contribution is -2.74. The highest BCUT2D eigenvalue weighted by Crippen LogP contribution is 2.51. The Labute approximate surface area is 349 Å². The summed E-state index contributed by atoms with van der Waals surface area (Å²) >= 11 is 0. The van der Waals surface area contributed by atoms with Crippen molar-refractivity contribution in [3.05, 3.63) is 193 Å². The van der Waals surface area contributed by atoms with E-state index in [-0.39, 0.29) is 11.8 Å². The maximum absolute atomic E-state index is 15.0. The second-order valence-corrected chi connectivity index (χ2v) is 21.5. The molecule has 0 aliphatic carbocycles. The Morgan fingerprint density at radius 1 is 0.458 bits per heavy atom. The highest BCUT2D eigenvalue weighted by molar-refractivity contribution is 7.48. The van der Waals surface area contributed by atoms with Gasteiger partial charge in [0.25, 0.3) is 0 Å². The zero-order valence-electron chi connectivity index (χ0n) is 34.6. The SMILES string of the molecule is CC(C)c1cc(C(C)C)c(-c2cc3ccccc3cc2OP(=O)(O)Oc2cc3ccccc3cc2[Si](c2ccccc2)(c2ccccc2)c2ccccc2)c(C(C)C)c1. The topological polar surface area (TPSA) is 55.8 Å². The summed E-state index contributed by atoms with van der Waals surface area (Å²) < 4.78 is 28.0. The summed E-state index contributed by atoms with van der Waals surface area (Å²) in [5.74, 6) is 1.32. The standard InChI is InChI=1S/C53H51O4PSi/c1-36(2)43-31-47(37(3)4)53(48(32-43)38(5)6)49-30-39-20-16-17-21-40(39)33-50(49)56-58(54,55)57-51-34-41-22-18-19-23-42(41)35-52(51)59(44-24-10-7-11-25-44,45-26-12-8-13-27-45)46-28-14-9-15-29-46/h7-38H,1-6H3,(H,54,55). The fourth-order valence-corrected chi connectivity index (χ4v) is 14.4. The first-order chi connectivity index (χ1) is 28.5. The molecule has 8 aromatic carbocycles. The molecule has 59 heavy (non-hydrogen) atoms. The van der Waals surface area contributed by atoms with Gasteiger partial charge in [-0.3, -0.25) is 4.89 Å². The monoisotopic (exact) mass is 810 g/mol. The fourth-order valence-electron chi connectivity index (χ4n) is 8.64. The molecule has 8 aromatic rings. The molecule has 0 spiro atoms. The molecule has 0 bridgehead atoms. The van der Waals surface area contributed by atoms with E-state index in [1.54, 1.807) is 0 Å². The number of phosphoric ester groups is 1. The van der Waals surface area contributed by atoms with E-state index in [0.29, 0.717) is 17.4 Å². The molecule has 4 nitrogen and oxygen atoms in total. The van der Waals surface area contributed by atoms with Crippen molar-refractivity contribution in [2.45, 2.75) is 59.3 Å². The number of benzene rings is 8. The maximum atomic E-state index is 15.0. The van der Waals surface area contributed by atoms with E-state index in [1.165, 1.54) is 16.7 Å². The predicted molar refractivity (Wildman–Crippen MR) is 250 cm³/mol. The van der Waals surface area contributed by atoms with Gasteiger partial charge in [0.1, 0.15) is 11.5 Å². The highest BCUT2D eigenvalue weighted by atomic mass is 31.2. The van der Waals surface area contributed by atoms with Crippen molar-refractivity contribution in [1.82, 2.24) is 0 Å². The van der Waals surface area contributed by atoms with Crippen LogP contribution >= 0.6 is 7.82 Å². The van der Waals surface area contributed by atoms with Gasteiger partial charge in [0, 0.05) is 5.56 Å². The molecule has 0 amide bonds. The molecule has 1 unspecified atom stereocenters. The molecule has 1 atom stereocenters. The van der Waals surface area contributed by atoms with Crippen LogP contribution in [0.25, 0.3) is 32.7 Å². The molecule has 0 aliphatic rings. The van der Waals surface area contributed by atoms with Crippen molar-refractivity contribution in [2.75, 3.05) is 0 Å². The lowest BCUT2D eigenvalue weighted by Gasteiger charge is -2.35. The van der Waals surface area contributed by atoms with E-state index < -0.39 is 15.9 Å². The van der Waals surface area contributed by atoms with Crippen LogP contribution in [0.4, 0.5) is 0 Å². The van der Waals surface area contributed by atoms with Crippen LogP contribution in [0.5, 0.6) is 11.5 Å². The third-order valence-electron chi connectivity index (χ3n) is 11.5. The largest absolute Gasteiger partial charge is 0.584 e. The number of hydrogen-bond acceptors (Lipinski definition) is 3. The van der Waals surface area contributed by atoms with E-state index in [2.05, 4.69) is 151 Å². The summed E-state index contributed by atoms with van der Waals surface area (Å²) in [4.78, 5) is 12.2. The molecule has 0 radical (unpaired) electrons. The summed E-state index contributed by atoms with van der Waals surface area (Å²) in [6.45, 7) is 13.3. The molecule has 8 rings (SSSR count). The van der Waals surface area contributed by atoms with Crippen LogP contribution in [-0.4, -0.2) is 13.0 Å². The Morgan fingerprint density at radius 2 is 0.831 bits per heavy atom. The van der Waals surface area contributed by atoms with Crippen LogP contribution in [0, 0.1) is 0 Å². The highest BCUT2D eigenvalue weighted by Gasteiger charge is 2.45. The second kappa shape index (κ2) is 16.5. The lowest BCUT2D eigenvalue weighted by molar-refractivity contribution is 0.292. The Balaban J connectivity index is 1.36. The van der Waals surface area contributed by atoms with Crippen molar-refractivity contribution in [3.63, 3.8) is 0 Å². The van der Waals surface area contributed by atoms with Crippen LogP contribution in [0.2, 0.25) is 0 Å². The van der Waals surface area contributed by atoms with Crippen molar-refractivity contribution in [1.29, 1.82) is 0 Å². The normalized spacial score (nSPS) is 13.0. The molecule has 6 heteroatoms. The van der Waals surface area contributed by atoms with Crippen LogP contribution < -0.4 is 29.8 Å². The minimum atomic E-state index is -4.89. The van der Waals surface area contributed by atoms with Crippen LogP contribution in [0.1, 0.15) is 76.0 Å². The zero-order valence-corrected chi connectivity index (χ0v) is 36.5. The Morgan fingerprint density at radius 3 is 1.25 bits per heavy atom. The molecule has 0 saturated carbocycles. The van der Waals surface area contributed by atoms with Crippen LogP contribution in [0.15, 0.2) is 176 Å². The van der Waals surface area contributed by atoms with E-state index in [0.717, 1.165) is 53.4 Å². The molecular weight excluding hydrogens is 760 g/mol. The van der Waals surface area contributed by atoms with E-state index in [9.17, 15) is 4.89 Å². The molecule has 1 N–H and O–H groups in total. The van der Waals surface area contributed by atoms with Gasteiger partial charge in [0.2, 0.25) is 0 Å². The summed E-state index contributed by atoms with van der Waals surface area (Å²) in [5, 5.41) is 8.03. The Bertz CT molecular complexity index is 2670. The lowest BCUT2D eigenvalue weighted by atomic mass is 9.81. The van der Waals surface area contributed by atoms with Gasteiger partial charge >= 0.3 is 7.82 Å². The molecule has 0 fully saturated rings. The Hall–Kier alpha value is -5.71. The van der Waals surface area contributed by atoms with E-state index >= 15 is 4.57 Å². The van der Waals surface area contributed by atoms with Gasteiger partial charge in [-0.05, 0) is 100 Å². The first kappa shape index (κ1) is 40.1. The summed E-state index contributed by atoms with van der Waals surface area (Å²) in [5.41, 5.74) is 5.43. The van der Waals surface area contributed by atoms with Crippen molar-refractivity contribution < 1.29 is 18.5 Å². The third-order valence-corrected chi connectivity index (χ3v) is 17.2. The van der Waals surface area contributed by atoms with Crippen molar-refractivity contribution in [3.8, 4) is 22.6 Å². The predicted octanol–water partition coefficient (Wildman–Crippen LogP) is 12.0. The quantitative estimate of drug-likeness (QED) is 0.0759. The van der Waals surface area contributed by atoms with Gasteiger partial charge in [0.15, 0.2) is 8.07 Å². The first-order valence-corrected chi connectivity index (χ1v) is 24.1. The molecular formula is C53H51O4PSi. The van der Waals surface area contributed by atoms with E-state index in [1.807, 2.05) is 66.7 Å². The number of rotatable bonds is 12. The number of phosphoric acid groups is 1. The molecule has 0 aliphatic heterocycles. The first-order valence-electron chi connectivity index (χ1n) is 20.6. The van der Waals surface area contributed by atoms with Gasteiger partial charge in [-0.2, -0.15) is 0 Å². The Kier molecular flexibility index (Phi) is 11.2. The third kappa shape index (κ3) is 7.79. The van der Waals surface area contributed by atoms with Crippen LogP contribution in [0.3, 0.4) is 0 Å². The summed E-state index contributed by atoms with van der Waals surface area (Å²) in [6.07, 6.45) is 0. The molecule has 296 valence electrons. The second-order valence-electron chi connectivity index (χ2n) is 16.4. The average molecular weight is 811 g/mol. The smallest absolute Gasteiger partial charge is 0.395 e. The molecule has 0 saturated heterocycles. The number of fused-ring (bicyclic) bond motifs is 2. The fraction of sp³-hybridized carbons (Fsp3) is 0.170. The average Bonchev–Trinajstić information content (AvgIpc) is 3.24. The van der Waals surface area contributed by atoms with Crippen LogP contribution in [-0.2, 0) is 4.57 Å². The van der Waals surface area contributed by atoms with Crippen molar-refractivity contribution in [2.24, 2.45) is 0 Å². The summed E-state index contributed by atoms with van der Waals surface area (Å²) in [6, 6.07) is 60.3. The van der Waals surface area contributed by atoms with Crippen molar-refractivity contribution >= 4 is 58.2 Å². The minimum absolute atomic E-state index is 0.185. The number of hydrogen-bond donors (Lipinski definition) is 1. The van der Waals surface area contributed by atoms with Gasteiger partial charge in [-0.15, -0.1) is 0 Å². The molecule has 0 aromatic heterocycles. The maximum Gasteiger partial charge on any atom is 0.584 e. The van der Waals surface area contributed by atoms with Gasteiger partial charge in [-0.1, -0.05) is 199 Å². The van der Waals surface area contributed by atoms with Gasteiger partial charge in [-0.25, -0.2) is 4.57 Å². The van der Waals surface area contributed by atoms with E-state index in [4.69, 9.17) is 9.05 Å². The zero-order chi connectivity index (χ0) is 41.3. The molecule has 0 heterocycles.